The normalized spacial score (nSPS) is 10.1. The highest BCUT2D eigenvalue weighted by molar-refractivity contribution is 7.80. The van der Waals surface area contributed by atoms with Gasteiger partial charge in [-0.2, -0.15) is 0 Å². The molecule has 7 nitrogen and oxygen atoms in total. The van der Waals surface area contributed by atoms with Gasteiger partial charge in [-0.1, -0.05) is 17.7 Å². The molecule has 0 unspecified atom stereocenters. The van der Waals surface area contributed by atoms with Crippen molar-refractivity contribution < 1.29 is 19.1 Å². The van der Waals surface area contributed by atoms with E-state index in [1.54, 1.807) is 36.4 Å². The predicted molar refractivity (Wildman–Crippen MR) is 115 cm³/mol. The third-order valence-electron chi connectivity index (χ3n) is 3.73. The summed E-state index contributed by atoms with van der Waals surface area (Å²) in [4.78, 5) is 24.1. The molecule has 3 N–H and O–H groups in total. The molecule has 0 bridgehead atoms. The average Bonchev–Trinajstić information content (AvgIpc) is 2.69. The van der Waals surface area contributed by atoms with Crippen LogP contribution in [-0.4, -0.2) is 30.1 Å². The number of hydrazine groups is 1. The van der Waals surface area contributed by atoms with Gasteiger partial charge < -0.3 is 9.47 Å². The molecule has 0 atom stereocenters. The molecule has 0 saturated carbocycles. The number of rotatable bonds is 6. The standard InChI is InChI=1S/C20H22ClN3O4S/c1-4-27-15-7-5-6-14(10-15)19(26)22-20(29)24-23-17(25)11-28-16-8-12(2)18(21)13(3)9-16/h5-10H,4,11H2,1-3H3,(H,23,25)(H2,22,24,26,29). The molecule has 2 amide bonds. The summed E-state index contributed by atoms with van der Waals surface area (Å²) in [5.74, 6) is 0.216. The number of nitrogens with one attached hydrogen (secondary N) is 3. The van der Waals surface area contributed by atoms with Gasteiger partial charge in [0.1, 0.15) is 11.5 Å². The van der Waals surface area contributed by atoms with Crippen molar-refractivity contribution in [3.8, 4) is 11.5 Å². The molecule has 2 aromatic carbocycles. The van der Waals surface area contributed by atoms with Crippen LogP contribution in [-0.2, 0) is 4.79 Å². The largest absolute Gasteiger partial charge is 0.494 e. The zero-order valence-corrected chi connectivity index (χ0v) is 17.9. The van der Waals surface area contributed by atoms with Crippen molar-refractivity contribution in [1.29, 1.82) is 0 Å². The number of hydrogen-bond acceptors (Lipinski definition) is 5. The lowest BCUT2D eigenvalue weighted by atomic mass is 10.1. The lowest BCUT2D eigenvalue weighted by molar-refractivity contribution is -0.123. The lowest BCUT2D eigenvalue weighted by Gasteiger charge is -2.13. The van der Waals surface area contributed by atoms with Crippen LogP contribution in [0, 0.1) is 13.8 Å². The van der Waals surface area contributed by atoms with Crippen molar-refractivity contribution in [2.24, 2.45) is 0 Å². The Morgan fingerprint density at radius 2 is 1.72 bits per heavy atom. The van der Waals surface area contributed by atoms with Crippen LogP contribution in [0.3, 0.4) is 0 Å². The second-order valence-electron chi connectivity index (χ2n) is 6.08. The van der Waals surface area contributed by atoms with Gasteiger partial charge in [-0.05, 0) is 74.4 Å². The number of hydrogen-bond donors (Lipinski definition) is 3. The fourth-order valence-corrected chi connectivity index (χ4v) is 2.65. The van der Waals surface area contributed by atoms with Crippen molar-refractivity contribution in [2.45, 2.75) is 20.8 Å². The second kappa shape index (κ2) is 10.6. The van der Waals surface area contributed by atoms with Crippen LogP contribution in [0.4, 0.5) is 0 Å². The molecule has 29 heavy (non-hydrogen) atoms. The molecular weight excluding hydrogens is 414 g/mol. The number of carbonyl (C=O) groups is 2. The molecule has 0 aliphatic heterocycles. The van der Waals surface area contributed by atoms with Gasteiger partial charge in [0.05, 0.1) is 6.61 Å². The second-order valence-corrected chi connectivity index (χ2v) is 6.86. The molecule has 0 heterocycles. The fourth-order valence-electron chi connectivity index (χ4n) is 2.40. The number of halogens is 1. The molecule has 2 rings (SSSR count). The summed E-state index contributed by atoms with van der Waals surface area (Å²) in [6.45, 7) is 5.83. The Morgan fingerprint density at radius 1 is 1.03 bits per heavy atom. The van der Waals surface area contributed by atoms with Crippen LogP contribution in [0.1, 0.15) is 28.4 Å². The van der Waals surface area contributed by atoms with Crippen LogP contribution in [0.15, 0.2) is 36.4 Å². The summed E-state index contributed by atoms with van der Waals surface area (Å²) in [7, 11) is 0. The van der Waals surface area contributed by atoms with E-state index in [2.05, 4.69) is 16.2 Å². The number of amides is 2. The number of benzene rings is 2. The van der Waals surface area contributed by atoms with E-state index in [4.69, 9.17) is 33.3 Å². The Hall–Kier alpha value is -2.84. The van der Waals surface area contributed by atoms with Gasteiger partial charge >= 0.3 is 0 Å². The van der Waals surface area contributed by atoms with E-state index in [1.165, 1.54) is 0 Å². The topological polar surface area (TPSA) is 88.7 Å². The summed E-state index contributed by atoms with van der Waals surface area (Å²) in [6, 6.07) is 10.2. The van der Waals surface area contributed by atoms with Gasteiger partial charge in [0, 0.05) is 10.6 Å². The average molecular weight is 436 g/mol. The number of thiocarbonyl (C=S) groups is 1. The number of carbonyl (C=O) groups excluding carboxylic acids is 2. The van der Waals surface area contributed by atoms with E-state index in [0.717, 1.165) is 11.1 Å². The van der Waals surface area contributed by atoms with Crippen molar-refractivity contribution in [3.63, 3.8) is 0 Å². The molecule has 0 aliphatic rings. The van der Waals surface area contributed by atoms with Crippen molar-refractivity contribution in [2.75, 3.05) is 13.2 Å². The van der Waals surface area contributed by atoms with Crippen molar-refractivity contribution in [1.82, 2.24) is 16.2 Å². The minimum absolute atomic E-state index is 0.0525. The van der Waals surface area contributed by atoms with Gasteiger partial charge in [-0.3, -0.25) is 25.8 Å². The first-order valence-corrected chi connectivity index (χ1v) is 9.61. The molecule has 0 fully saturated rings. The zero-order chi connectivity index (χ0) is 21.4. The molecule has 9 heteroatoms. The van der Waals surface area contributed by atoms with Crippen LogP contribution in [0.5, 0.6) is 11.5 Å². The van der Waals surface area contributed by atoms with Gasteiger partial charge in [-0.15, -0.1) is 0 Å². The molecular formula is C20H22ClN3O4S. The van der Waals surface area contributed by atoms with Crippen molar-refractivity contribution >= 4 is 40.7 Å². The maximum absolute atomic E-state index is 12.2. The minimum atomic E-state index is -0.467. The third-order valence-corrected chi connectivity index (χ3v) is 4.53. The Bertz CT molecular complexity index is 897. The van der Waals surface area contributed by atoms with Crippen LogP contribution in [0.2, 0.25) is 5.02 Å². The number of aryl methyl sites for hydroxylation is 2. The maximum Gasteiger partial charge on any atom is 0.276 e. The number of ether oxygens (including phenoxy) is 2. The monoisotopic (exact) mass is 435 g/mol. The molecule has 154 valence electrons. The summed E-state index contributed by atoms with van der Waals surface area (Å²) < 4.78 is 10.8. The molecule has 0 aromatic heterocycles. The van der Waals surface area contributed by atoms with Gasteiger partial charge in [0.15, 0.2) is 11.7 Å². The highest BCUT2D eigenvalue weighted by Gasteiger charge is 2.10. The highest BCUT2D eigenvalue weighted by Crippen LogP contribution is 2.25. The highest BCUT2D eigenvalue weighted by atomic mass is 35.5. The van der Waals surface area contributed by atoms with E-state index >= 15 is 0 Å². The Morgan fingerprint density at radius 3 is 2.38 bits per heavy atom. The van der Waals surface area contributed by atoms with Gasteiger partial charge in [0.25, 0.3) is 11.8 Å². The summed E-state index contributed by atoms with van der Waals surface area (Å²) in [5.41, 5.74) is 6.92. The van der Waals surface area contributed by atoms with E-state index < -0.39 is 11.8 Å². The van der Waals surface area contributed by atoms with E-state index in [1.807, 2.05) is 20.8 Å². The maximum atomic E-state index is 12.2. The molecule has 0 saturated heterocycles. The Labute approximate surface area is 179 Å². The van der Waals surface area contributed by atoms with Crippen LogP contribution < -0.4 is 25.6 Å². The fraction of sp³-hybridized carbons (Fsp3) is 0.250. The van der Waals surface area contributed by atoms with Gasteiger partial charge in [-0.25, -0.2) is 0 Å². The quantitative estimate of drug-likeness (QED) is 0.477. The van der Waals surface area contributed by atoms with Gasteiger partial charge in [0.2, 0.25) is 0 Å². The lowest BCUT2D eigenvalue weighted by Crippen LogP contribution is -2.49. The Kier molecular flexibility index (Phi) is 8.23. The first-order chi connectivity index (χ1) is 13.8. The van der Waals surface area contributed by atoms with E-state index in [-0.39, 0.29) is 11.7 Å². The molecule has 2 aromatic rings. The first kappa shape index (κ1) is 22.4. The summed E-state index contributed by atoms with van der Waals surface area (Å²) in [5, 5.41) is 3.08. The summed E-state index contributed by atoms with van der Waals surface area (Å²) >= 11 is 11.1. The third kappa shape index (κ3) is 6.92. The zero-order valence-electron chi connectivity index (χ0n) is 16.3. The van der Waals surface area contributed by atoms with Crippen LogP contribution in [0.25, 0.3) is 0 Å². The summed E-state index contributed by atoms with van der Waals surface area (Å²) in [6.07, 6.45) is 0. The minimum Gasteiger partial charge on any atom is -0.494 e. The molecule has 0 aliphatic carbocycles. The van der Waals surface area contributed by atoms with Crippen LogP contribution >= 0.6 is 23.8 Å². The van der Waals surface area contributed by atoms with E-state index in [9.17, 15) is 9.59 Å². The smallest absolute Gasteiger partial charge is 0.276 e. The first-order valence-electron chi connectivity index (χ1n) is 8.82. The predicted octanol–water partition coefficient (Wildman–Crippen LogP) is 3.07. The molecule has 0 radical (unpaired) electrons. The Balaban J connectivity index is 1.79. The van der Waals surface area contributed by atoms with E-state index in [0.29, 0.717) is 28.7 Å². The SMILES string of the molecule is CCOc1cccc(C(=O)NC(=S)NNC(=O)COc2cc(C)c(Cl)c(C)c2)c1. The van der Waals surface area contributed by atoms with Crippen molar-refractivity contribution in [3.05, 3.63) is 58.1 Å². The molecule has 0 spiro atoms.